The zero-order valence-corrected chi connectivity index (χ0v) is 17.2. The summed E-state index contributed by atoms with van der Waals surface area (Å²) in [6.45, 7) is 13.4. The summed E-state index contributed by atoms with van der Waals surface area (Å²) in [7, 11) is 0. The van der Waals surface area contributed by atoms with E-state index >= 15 is 0 Å². The Hall–Kier alpha value is -1.79. The summed E-state index contributed by atoms with van der Waals surface area (Å²) in [5, 5.41) is 6.78. The third-order valence-corrected chi connectivity index (χ3v) is 4.60. The number of morpholine rings is 1. The number of guanidine groups is 1. The van der Waals surface area contributed by atoms with Gasteiger partial charge in [-0.1, -0.05) is 19.1 Å². The molecular weight excluding hydrogens is 340 g/mol. The van der Waals surface area contributed by atoms with Gasteiger partial charge in [-0.3, -0.25) is 9.89 Å². The van der Waals surface area contributed by atoms with E-state index in [-0.39, 0.29) is 0 Å². The van der Waals surface area contributed by atoms with Gasteiger partial charge in [-0.05, 0) is 44.4 Å². The number of rotatable bonds is 10. The van der Waals surface area contributed by atoms with Crippen LogP contribution in [0.5, 0.6) is 5.75 Å². The highest BCUT2D eigenvalue weighted by atomic mass is 16.5. The fraction of sp³-hybridized carbons (Fsp3) is 0.667. The highest BCUT2D eigenvalue weighted by Gasteiger charge is 2.16. The van der Waals surface area contributed by atoms with Gasteiger partial charge in [0.25, 0.3) is 0 Å². The van der Waals surface area contributed by atoms with Crippen molar-refractivity contribution < 1.29 is 9.47 Å². The van der Waals surface area contributed by atoms with Crippen molar-refractivity contribution in [1.82, 2.24) is 15.5 Å². The minimum Gasteiger partial charge on any atom is -0.494 e. The quantitative estimate of drug-likeness (QED) is 0.485. The van der Waals surface area contributed by atoms with E-state index in [2.05, 4.69) is 54.5 Å². The van der Waals surface area contributed by atoms with Crippen LogP contribution in [-0.4, -0.2) is 69.4 Å². The molecule has 0 amide bonds. The third-order valence-electron chi connectivity index (χ3n) is 4.60. The van der Waals surface area contributed by atoms with E-state index < -0.39 is 0 Å². The smallest absolute Gasteiger partial charge is 0.191 e. The van der Waals surface area contributed by atoms with E-state index in [4.69, 9.17) is 14.5 Å². The molecular formula is C21H36N4O2. The molecule has 2 rings (SSSR count). The maximum absolute atomic E-state index is 5.71. The molecule has 152 valence electrons. The monoisotopic (exact) mass is 376 g/mol. The summed E-state index contributed by atoms with van der Waals surface area (Å²) in [5.41, 5.74) is 1.27. The largest absolute Gasteiger partial charge is 0.494 e. The first-order valence-electron chi connectivity index (χ1n) is 10.3. The van der Waals surface area contributed by atoms with E-state index in [1.54, 1.807) is 0 Å². The standard InChI is InChI=1S/C21H36N4O2/c1-4-13-27-20-8-6-7-19(16-20)9-10-23-21(22-5-2)24-17-18(3)25-11-14-26-15-12-25/h6-8,16,18H,4-5,9-15,17H2,1-3H3,(H2,22,23,24). The first-order valence-corrected chi connectivity index (χ1v) is 10.3. The Morgan fingerprint density at radius 3 is 2.81 bits per heavy atom. The molecule has 0 spiro atoms. The van der Waals surface area contributed by atoms with Gasteiger partial charge in [0.2, 0.25) is 0 Å². The molecule has 1 aliphatic heterocycles. The molecule has 1 unspecified atom stereocenters. The van der Waals surface area contributed by atoms with Gasteiger partial charge in [-0.2, -0.15) is 0 Å². The topological polar surface area (TPSA) is 58.1 Å². The van der Waals surface area contributed by atoms with E-state index in [1.165, 1.54) is 5.56 Å². The molecule has 1 fully saturated rings. The van der Waals surface area contributed by atoms with Crippen LogP contribution >= 0.6 is 0 Å². The van der Waals surface area contributed by atoms with Gasteiger partial charge in [-0.15, -0.1) is 0 Å². The second-order valence-corrected chi connectivity index (χ2v) is 6.89. The number of nitrogens with zero attached hydrogens (tertiary/aromatic N) is 2. The fourth-order valence-corrected chi connectivity index (χ4v) is 3.03. The van der Waals surface area contributed by atoms with E-state index in [1.807, 2.05) is 6.07 Å². The molecule has 1 saturated heterocycles. The van der Waals surface area contributed by atoms with Crippen molar-refractivity contribution in [3.05, 3.63) is 29.8 Å². The highest BCUT2D eigenvalue weighted by Crippen LogP contribution is 2.13. The zero-order valence-electron chi connectivity index (χ0n) is 17.2. The molecule has 0 radical (unpaired) electrons. The minimum absolute atomic E-state index is 0.428. The molecule has 0 aromatic heterocycles. The van der Waals surface area contributed by atoms with Gasteiger partial charge >= 0.3 is 0 Å². The zero-order chi connectivity index (χ0) is 19.3. The number of benzene rings is 1. The van der Waals surface area contributed by atoms with Crippen LogP contribution < -0.4 is 15.4 Å². The van der Waals surface area contributed by atoms with Crippen LogP contribution in [0, 0.1) is 0 Å². The van der Waals surface area contributed by atoms with Crippen molar-refractivity contribution in [1.29, 1.82) is 0 Å². The number of nitrogens with one attached hydrogen (secondary N) is 2. The van der Waals surface area contributed by atoms with E-state index in [0.29, 0.717) is 6.04 Å². The van der Waals surface area contributed by atoms with Gasteiger partial charge in [0, 0.05) is 32.2 Å². The predicted octanol–water partition coefficient (Wildman–Crippen LogP) is 2.29. The number of ether oxygens (including phenoxy) is 2. The molecule has 1 aromatic carbocycles. The van der Waals surface area contributed by atoms with Crippen LogP contribution in [0.1, 0.15) is 32.8 Å². The Morgan fingerprint density at radius 2 is 2.07 bits per heavy atom. The molecule has 2 N–H and O–H groups in total. The van der Waals surface area contributed by atoms with Crippen molar-refractivity contribution >= 4 is 5.96 Å². The summed E-state index contributed by atoms with van der Waals surface area (Å²) in [6.07, 6.45) is 1.96. The first kappa shape index (κ1) is 21.5. The fourth-order valence-electron chi connectivity index (χ4n) is 3.03. The van der Waals surface area contributed by atoms with Crippen LogP contribution in [-0.2, 0) is 11.2 Å². The van der Waals surface area contributed by atoms with Crippen LogP contribution in [0.2, 0.25) is 0 Å². The van der Waals surface area contributed by atoms with Crippen molar-refractivity contribution in [3.63, 3.8) is 0 Å². The average molecular weight is 377 g/mol. The Bertz CT molecular complexity index is 559. The van der Waals surface area contributed by atoms with Crippen molar-refractivity contribution in [2.45, 2.75) is 39.7 Å². The summed E-state index contributed by atoms with van der Waals surface area (Å²) < 4.78 is 11.1. The molecule has 6 heteroatoms. The lowest BCUT2D eigenvalue weighted by molar-refractivity contribution is 0.0220. The summed E-state index contributed by atoms with van der Waals surface area (Å²) >= 11 is 0. The molecule has 0 bridgehead atoms. The molecule has 1 aliphatic rings. The second-order valence-electron chi connectivity index (χ2n) is 6.89. The van der Waals surface area contributed by atoms with Crippen LogP contribution in [0.15, 0.2) is 29.3 Å². The Morgan fingerprint density at radius 1 is 1.26 bits per heavy atom. The predicted molar refractivity (Wildman–Crippen MR) is 112 cm³/mol. The normalized spacial score (nSPS) is 16.8. The van der Waals surface area contributed by atoms with Crippen LogP contribution in [0.4, 0.5) is 0 Å². The SMILES string of the molecule is CCCOc1cccc(CCNC(=NCC(C)N2CCOCC2)NCC)c1. The van der Waals surface area contributed by atoms with Crippen LogP contribution in [0.3, 0.4) is 0 Å². The Kier molecular flexibility index (Phi) is 10.0. The number of aliphatic imine (C=N–C) groups is 1. The molecule has 6 nitrogen and oxygen atoms in total. The van der Waals surface area contributed by atoms with Gasteiger partial charge in [0.1, 0.15) is 5.75 Å². The lowest BCUT2D eigenvalue weighted by atomic mass is 10.1. The molecule has 27 heavy (non-hydrogen) atoms. The third kappa shape index (κ3) is 8.18. The summed E-state index contributed by atoms with van der Waals surface area (Å²) in [6, 6.07) is 8.78. The number of hydrogen-bond donors (Lipinski definition) is 2. The van der Waals surface area contributed by atoms with Gasteiger partial charge < -0.3 is 20.1 Å². The average Bonchev–Trinajstić information content (AvgIpc) is 2.71. The Balaban J connectivity index is 1.79. The lowest BCUT2D eigenvalue weighted by Gasteiger charge is -2.31. The van der Waals surface area contributed by atoms with Gasteiger partial charge in [-0.25, -0.2) is 0 Å². The molecule has 0 saturated carbocycles. The summed E-state index contributed by atoms with van der Waals surface area (Å²) in [4.78, 5) is 7.21. The van der Waals surface area contributed by atoms with Crippen molar-refractivity contribution in [2.24, 2.45) is 4.99 Å². The minimum atomic E-state index is 0.428. The van der Waals surface area contributed by atoms with Gasteiger partial charge in [0.15, 0.2) is 5.96 Å². The molecule has 1 atom stereocenters. The summed E-state index contributed by atoms with van der Waals surface area (Å²) in [5.74, 6) is 1.84. The molecule has 0 aliphatic carbocycles. The van der Waals surface area contributed by atoms with Gasteiger partial charge in [0.05, 0.1) is 26.4 Å². The van der Waals surface area contributed by atoms with Crippen molar-refractivity contribution in [2.75, 3.05) is 52.5 Å². The second kappa shape index (κ2) is 12.6. The first-order chi connectivity index (χ1) is 13.2. The highest BCUT2D eigenvalue weighted by molar-refractivity contribution is 5.79. The maximum atomic E-state index is 5.71. The number of hydrogen-bond acceptors (Lipinski definition) is 4. The van der Waals surface area contributed by atoms with Crippen LogP contribution in [0.25, 0.3) is 0 Å². The van der Waals surface area contributed by atoms with E-state index in [0.717, 1.165) is 77.1 Å². The lowest BCUT2D eigenvalue weighted by Crippen LogP contribution is -2.44. The molecule has 1 aromatic rings. The van der Waals surface area contributed by atoms with Crippen molar-refractivity contribution in [3.8, 4) is 5.75 Å². The van der Waals surface area contributed by atoms with E-state index in [9.17, 15) is 0 Å². The Labute approximate surface area is 164 Å². The molecule has 1 heterocycles. The maximum Gasteiger partial charge on any atom is 0.191 e.